The number of carbonyl (C=O) groups is 1. The van der Waals surface area contributed by atoms with E-state index in [2.05, 4.69) is 17.1 Å². The molecule has 1 fully saturated rings. The summed E-state index contributed by atoms with van der Waals surface area (Å²) in [6, 6.07) is 3.92. The summed E-state index contributed by atoms with van der Waals surface area (Å²) in [5.41, 5.74) is 2.87. The van der Waals surface area contributed by atoms with Crippen LogP contribution >= 0.6 is 11.6 Å². The molecule has 1 amide bonds. The van der Waals surface area contributed by atoms with Gasteiger partial charge in [-0.2, -0.15) is 0 Å². The van der Waals surface area contributed by atoms with Crippen molar-refractivity contribution in [1.82, 2.24) is 4.90 Å². The molecule has 1 aromatic carbocycles. The van der Waals surface area contributed by atoms with Crippen molar-refractivity contribution in [2.75, 3.05) is 25.0 Å². The molecule has 0 spiro atoms. The van der Waals surface area contributed by atoms with Crippen LogP contribution in [0.3, 0.4) is 0 Å². The Hall–Kier alpha value is -1.06. The molecule has 1 aromatic rings. The first-order valence-corrected chi connectivity index (χ1v) is 8.12. The van der Waals surface area contributed by atoms with Crippen LogP contribution in [-0.2, 0) is 4.79 Å². The minimum Gasteiger partial charge on any atom is -0.325 e. The molecule has 1 unspecified atom stereocenters. The van der Waals surface area contributed by atoms with Crippen molar-refractivity contribution >= 4 is 23.2 Å². The van der Waals surface area contributed by atoms with Gasteiger partial charge in [0.05, 0.1) is 10.7 Å². The number of benzene rings is 1. The van der Waals surface area contributed by atoms with Crippen LogP contribution in [0.5, 0.6) is 0 Å². The summed E-state index contributed by atoms with van der Waals surface area (Å²) < 4.78 is 0. The normalized spacial score (nSPS) is 19.5. The third kappa shape index (κ3) is 4.72. The highest BCUT2D eigenvalue weighted by molar-refractivity contribution is 6.34. The van der Waals surface area contributed by atoms with Crippen molar-refractivity contribution in [2.45, 2.75) is 40.0 Å². The van der Waals surface area contributed by atoms with Gasteiger partial charge in [0.25, 0.3) is 0 Å². The van der Waals surface area contributed by atoms with Crippen LogP contribution in [0.2, 0.25) is 5.02 Å². The van der Waals surface area contributed by atoms with Crippen LogP contribution in [0, 0.1) is 19.8 Å². The Balaban J connectivity index is 1.87. The summed E-state index contributed by atoms with van der Waals surface area (Å²) >= 11 is 6.22. The summed E-state index contributed by atoms with van der Waals surface area (Å²) in [4.78, 5) is 14.5. The van der Waals surface area contributed by atoms with E-state index in [4.69, 9.17) is 11.6 Å². The van der Waals surface area contributed by atoms with Gasteiger partial charge in [0.15, 0.2) is 0 Å². The number of likely N-dealkylation sites (tertiary alicyclic amines) is 1. The maximum atomic E-state index is 12.1. The number of halogens is 1. The van der Waals surface area contributed by atoms with E-state index in [0.717, 1.165) is 42.4 Å². The molecule has 1 N–H and O–H groups in total. The molecule has 1 atom stereocenters. The summed E-state index contributed by atoms with van der Waals surface area (Å²) in [6.45, 7) is 9.31. The Bertz CT molecular complexity index is 493. The van der Waals surface area contributed by atoms with Crippen LogP contribution in [0.1, 0.15) is 37.3 Å². The molecule has 3 nitrogen and oxygen atoms in total. The van der Waals surface area contributed by atoms with E-state index in [1.807, 2.05) is 26.0 Å². The average Bonchev–Trinajstić information content (AvgIpc) is 2.40. The van der Waals surface area contributed by atoms with E-state index in [-0.39, 0.29) is 5.91 Å². The van der Waals surface area contributed by atoms with Crippen molar-refractivity contribution in [3.63, 3.8) is 0 Å². The Labute approximate surface area is 132 Å². The predicted molar refractivity (Wildman–Crippen MR) is 89.0 cm³/mol. The molecule has 21 heavy (non-hydrogen) atoms. The van der Waals surface area contributed by atoms with Crippen LogP contribution in [0.15, 0.2) is 12.1 Å². The fourth-order valence-corrected chi connectivity index (χ4v) is 3.39. The van der Waals surface area contributed by atoms with Gasteiger partial charge in [0.2, 0.25) is 5.91 Å². The van der Waals surface area contributed by atoms with Crippen molar-refractivity contribution in [1.29, 1.82) is 0 Å². The lowest BCUT2D eigenvalue weighted by atomic mass is 10.0. The van der Waals surface area contributed by atoms with Gasteiger partial charge in [-0.1, -0.05) is 24.6 Å². The maximum absolute atomic E-state index is 12.1. The zero-order valence-corrected chi connectivity index (χ0v) is 14.0. The van der Waals surface area contributed by atoms with Gasteiger partial charge in [-0.3, -0.25) is 4.79 Å². The number of anilines is 1. The molecule has 116 valence electrons. The first-order valence-electron chi connectivity index (χ1n) is 7.74. The monoisotopic (exact) mass is 308 g/mol. The van der Waals surface area contributed by atoms with Gasteiger partial charge in [-0.15, -0.1) is 0 Å². The summed E-state index contributed by atoms with van der Waals surface area (Å²) in [7, 11) is 0. The first kappa shape index (κ1) is 16.3. The molecule has 0 saturated carbocycles. The number of nitrogens with zero attached hydrogens (tertiary/aromatic N) is 1. The van der Waals surface area contributed by atoms with Crippen LogP contribution in [0.25, 0.3) is 0 Å². The Morgan fingerprint density at radius 3 is 2.86 bits per heavy atom. The molecule has 0 aliphatic carbocycles. The molecular formula is C17H25ClN2O. The number of rotatable bonds is 4. The zero-order valence-electron chi connectivity index (χ0n) is 13.2. The lowest BCUT2D eigenvalue weighted by molar-refractivity contribution is -0.116. The second-order valence-corrected chi connectivity index (χ2v) is 6.69. The van der Waals surface area contributed by atoms with Crippen LogP contribution in [-0.4, -0.2) is 30.4 Å². The number of piperidine rings is 1. The largest absolute Gasteiger partial charge is 0.325 e. The van der Waals surface area contributed by atoms with E-state index in [0.29, 0.717) is 11.4 Å². The lowest BCUT2D eigenvalue weighted by Crippen LogP contribution is -2.36. The molecule has 2 rings (SSSR count). The molecule has 1 aliphatic heterocycles. The van der Waals surface area contributed by atoms with Gasteiger partial charge in [-0.25, -0.2) is 0 Å². The van der Waals surface area contributed by atoms with Gasteiger partial charge >= 0.3 is 0 Å². The maximum Gasteiger partial charge on any atom is 0.225 e. The Morgan fingerprint density at radius 1 is 1.43 bits per heavy atom. The molecule has 0 bridgehead atoms. The highest BCUT2D eigenvalue weighted by Gasteiger charge is 2.17. The molecule has 0 aromatic heterocycles. The second kappa shape index (κ2) is 7.28. The van der Waals surface area contributed by atoms with E-state index < -0.39 is 0 Å². The minimum absolute atomic E-state index is 0.0436. The average molecular weight is 309 g/mol. The number of nitrogens with one attached hydrogen (secondary N) is 1. The molecular weight excluding hydrogens is 284 g/mol. The van der Waals surface area contributed by atoms with E-state index in [1.165, 1.54) is 12.8 Å². The van der Waals surface area contributed by atoms with E-state index in [9.17, 15) is 4.79 Å². The second-order valence-electron chi connectivity index (χ2n) is 6.28. The lowest BCUT2D eigenvalue weighted by Gasteiger charge is -2.30. The summed E-state index contributed by atoms with van der Waals surface area (Å²) in [5.74, 6) is 0.790. The molecule has 1 saturated heterocycles. The standard InChI is InChI=1S/C17H25ClN2O/c1-12-5-4-7-20(11-12)8-6-16(21)19-17-14(3)9-13(2)10-15(17)18/h9-10,12H,4-8,11H2,1-3H3,(H,19,21). The summed E-state index contributed by atoms with van der Waals surface area (Å²) in [6.07, 6.45) is 3.07. The van der Waals surface area contributed by atoms with Crippen molar-refractivity contribution in [3.05, 3.63) is 28.3 Å². The highest BCUT2D eigenvalue weighted by Crippen LogP contribution is 2.27. The smallest absolute Gasteiger partial charge is 0.225 e. The number of carbonyl (C=O) groups excluding carboxylic acids is 1. The fourth-order valence-electron chi connectivity index (χ4n) is 3.03. The number of hydrogen-bond acceptors (Lipinski definition) is 2. The minimum atomic E-state index is 0.0436. The fraction of sp³-hybridized carbons (Fsp3) is 0.588. The number of aryl methyl sites for hydroxylation is 2. The Morgan fingerprint density at radius 2 is 2.19 bits per heavy atom. The Kier molecular flexibility index (Phi) is 5.65. The van der Waals surface area contributed by atoms with Crippen molar-refractivity contribution in [2.24, 2.45) is 5.92 Å². The van der Waals surface area contributed by atoms with Gasteiger partial charge in [0, 0.05) is 19.5 Å². The molecule has 0 radical (unpaired) electrons. The van der Waals surface area contributed by atoms with E-state index >= 15 is 0 Å². The number of hydrogen-bond donors (Lipinski definition) is 1. The zero-order chi connectivity index (χ0) is 15.4. The van der Waals surface area contributed by atoms with Gasteiger partial charge in [-0.05, 0) is 56.3 Å². The first-order chi connectivity index (χ1) is 9.95. The quantitative estimate of drug-likeness (QED) is 0.911. The third-order valence-electron chi connectivity index (χ3n) is 4.09. The topological polar surface area (TPSA) is 32.3 Å². The summed E-state index contributed by atoms with van der Waals surface area (Å²) in [5, 5.41) is 3.58. The molecule has 1 aliphatic rings. The SMILES string of the molecule is Cc1cc(C)c(NC(=O)CCN2CCCC(C)C2)c(Cl)c1. The van der Waals surface area contributed by atoms with Crippen molar-refractivity contribution in [3.8, 4) is 0 Å². The highest BCUT2D eigenvalue weighted by atomic mass is 35.5. The molecule has 1 heterocycles. The molecule has 4 heteroatoms. The number of amides is 1. The van der Waals surface area contributed by atoms with Crippen molar-refractivity contribution < 1.29 is 4.79 Å². The van der Waals surface area contributed by atoms with E-state index in [1.54, 1.807) is 0 Å². The van der Waals surface area contributed by atoms with Gasteiger partial charge in [0.1, 0.15) is 0 Å². The van der Waals surface area contributed by atoms with Crippen LogP contribution in [0.4, 0.5) is 5.69 Å². The van der Waals surface area contributed by atoms with Gasteiger partial charge < -0.3 is 10.2 Å². The van der Waals surface area contributed by atoms with Crippen LogP contribution < -0.4 is 5.32 Å². The predicted octanol–water partition coefficient (Wildman–Crippen LogP) is 4.02. The third-order valence-corrected chi connectivity index (χ3v) is 4.39.